The van der Waals surface area contributed by atoms with Crippen LogP contribution in [0, 0.1) is 0 Å². The highest BCUT2D eigenvalue weighted by Crippen LogP contribution is 1.95. The molecule has 0 radical (unpaired) electrons. The van der Waals surface area contributed by atoms with Crippen LogP contribution >= 0.6 is 0 Å². The number of hydrogen-bond acceptors (Lipinski definition) is 2. The van der Waals surface area contributed by atoms with Crippen LogP contribution in [-0.4, -0.2) is 18.2 Å². The van der Waals surface area contributed by atoms with Gasteiger partial charge in [-0.25, -0.2) is 0 Å². The second-order valence-corrected chi connectivity index (χ2v) is 3.26. The maximum atomic E-state index is 11.0. The van der Waals surface area contributed by atoms with Crippen molar-refractivity contribution in [3.8, 4) is 0 Å². The van der Waals surface area contributed by atoms with Crippen LogP contribution in [0.15, 0.2) is 0 Å². The van der Waals surface area contributed by atoms with Gasteiger partial charge in [-0.05, 0) is 26.2 Å². The summed E-state index contributed by atoms with van der Waals surface area (Å²) in [5, 5.41) is 2.81. The van der Waals surface area contributed by atoms with Gasteiger partial charge in [-0.1, -0.05) is 6.92 Å². The molecular weight excluding hydrogens is 166 g/mol. The molecule has 0 aromatic heterocycles. The number of unbranched alkanes of at least 4 members (excludes halogenated alkanes) is 1. The number of hydrogen-bond donors (Lipinski definition) is 1. The predicted octanol–water partition coefficient (Wildman–Crippen LogP) is 1.66. The van der Waals surface area contributed by atoms with Crippen molar-refractivity contribution in [2.24, 2.45) is 0 Å². The number of ketones is 1. The molecule has 0 saturated carbocycles. The van der Waals surface area contributed by atoms with Crippen molar-refractivity contribution < 1.29 is 9.59 Å². The smallest absolute Gasteiger partial charge is 0.219 e. The Hall–Kier alpha value is -0.860. The molecule has 0 aliphatic rings. The quantitative estimate of drug-likeness (QED) is 0.613. The van der Waals surface area contributed by atoms with E-state index in [1.54, 1.807) is 6.92 Å². The minimum atomic E-state index is 0.116. The first-order valence-corrected chi connectivity index (χ1v) is 4.93. The van der Waals surface area contributed by atoms with Gasteiger partial charge in [-0.3, -0.25) is 4.79 Å². The molecule has 3 nitrogen and oxygen atoms in total. The Morgan fingerprint density at radius 3 is 2.38 bits per heavy atom. The molecule has 0 unspecified atom stereocenters. The monoisotopic (exact) mass is 185 g/mol. The van der Waals surface area contributed by atoms with E-state index in [-0.39, 0.29) is 11.7 Å². The fourth-order valence-corrected chi connectivity index (χ4v) is 1.04. The fourth-order valence-electron chi connectivity index (χ4n) is 1.04. The molecular formula is C10H19NO2. The summed E-state index contributed by atoms with van der Waals surface area (Å²) in [5.41, 5.74) is 0. The molecule has 13 heavy (non-hydrogen) atoms. The van der Waals surface area contributed by atoms with E-state index in [9.17, 15) is 9.59 Å². The largest absolute Gasteiger partial charge is 0.356 e. The van der Waals surface area contributed by atoms with Crippen LogP contribution in [0.2, 0.25) is 0 Å². The van der Waals surface area contributed by atoms with Crippen molar-refractivity contribution in [2.75, 3.05) is 6.54 Å². The molecule has 0 fully saturated rings. The van der Waals surface area contributed by atoms with Gasteiger partial charge in [0.15, 0.2) is 0 Å². The zero-order valence-electron chi connectivity index (χ0n) is 8.56. The zero-order chi connectivity index (χ0) is 10.1. The first kappa shape index (κ1) is 12.1. The Balaban J connectivity index is 3.16. The summed E-state index contributed by atoms with van der Waals surface area (Å²) in [4.78, 5) is 21.5. The highest BCUT2D eigenvalue weighted by molar-refractivity contribution is 5.76. The van der Waals surface area contributed by atoms with E-state index in [0.29, 0.717) is 19.4 Å². The minimum absolute atomic E-state index is 0.116. The molecule has 0 heterocycles. The summed E-state index contributed by atoms with van der Waals surface area (Å²) in [6.07, 6.45) is 3.90. The lowest BCUT2D eigenvalue weighted by atomic mass is 10.2. The standard InChI is InChI=1S/C10H19NO2/c1-3-6-10(13)11-8-5-4-7-9(2)12/h3-8H2,1-2H3,(H,11,13). The van der Waals surface area contributed by atoms with Crippen LogP contribution in [0.25, 0.3) is 0 Å². The van der Waals surface area contributed by atoms with Crippen LogP contribution in [0.5, 0.6) is 0 Å². The summed E-state index contributed by atoms with van der Waals surface area (Å²) in [6.45, 7) is 4.27. The van der Waals surface area contributed by atoms with Crippen LogP contribution in [0.3, 0.4) is 0 Å². The SMILES string of the molecule is CCCC(=O)NCCCCC(C)=O. The molecule has 1 N–H and O–H groups in total. The zero-order valence-corrected chi connectivity index (χ0v) is 8.56. The molecule has 0 rings (SSSR count). The van der Waals surface area contributed by atoms with Crippen LogP contribution in [0.4, 0.5) is 0 Å². The maximum absolute atomic E-state index is 11.0. The second kappa shape index (κ2) is 7.77. The van der Waals surface area contributed by atoms with Gasteiger partial charge >= 0.3 is 0 Å². The molecule has 3 heteroatoms. The summed E-state index contributed by atoms with van der Waals surface area (Å²) in [5.74, 6) is 0.338. The Morgan fingerprint density at radius 1 is 1.15 bits per heavy atom. The Kier molecular flexibility index (Phi) is 7.26. The normalized spacial score (nSPS) is 9.69. The van der Waals surface area contributed by atoms with Gasteiger partial charge in [0.05, 0.1) is 0 Å². The summed E-state index contributed by atoms with van der Waals surface area (Å²) < 4.78 is 0. The molecule has 1 amide bonds. The van der Waals surface area contributed by atoms with Crippen molar-refractivity contribution in [3.63, 3.8) is 0 Å². The Labute approximate surface area is 79.9 Å². The van der Waals surface area contributed by atoms with Gasteiger partial charge in [-0.15, -0.1) is 0 Å². The lowest BCUT2D eigenvalue weighted by Crippen LogP contribution is -2.23. The Morgan fingerprint density at radius 2 is 1.85 bits per heavy atom. The maximum Gasteiger partial charge on any atom is 0.219 e. The molecule has 0 spiro atoms. The average molecular weight is 185 g/mol. The average Bonchev–Trinajstić information content (AvgIpc) is 2.03. The van der Waals surface area contributed by atoms with Crippen molar-refractivity contribution in [3.05, 3.63) is 0 Å². The van der Waals surface area contributed by atoms with Crippen LogP contribution in [0.1, 0.15) is 46.0 Å². The lowest BCUT2D eigenvalue weighted by molar-refractivity contribution is -0.121. The molecule has 0 saturated heterocycles. The van der Waals surface area contributed by atoms with Gasteiger partial charge in [0.2, 0.25) is 5.91 Å². The number of carbonyl (C=O) groups excluding carboxylic acids is 2. The minimum Gasteiger partial charge on any atom is -0.356 e. The summed E-state index contributed by atoms with van der Waals surface area (Å²) in [7, 11) is 0. The summed E-state index contributed by atoms with van der Waals surface area (Å²) >= 11 is 0. The third-order valence-corrected chi connectivity index (χ3v) is 1.75. The van der Waals surface area contributed by atoms with Gasteiger partial charge < -0.3 is 10.1 Å². The van der Waals surface area contributed by atoms with E-state index in [1.165, 1.54) is 0 Å². The topological polar surface area (TPSA) is 46.2 Å². The third-order valence-electron chi connectivity index (χ3n) is 1.75. The third kappa shape index (κ3) is 9.05. The van der Waals surface area contributed by atoms with Gasteiger partial charge in [0.1, 0.15) is 5.78 Å². The van der Waals surface area contributed by atoms with Crippen molar-refractivity contribution in [1.82, 2.24) is 5.32 Å². The number of nitrogens with one attached hydrogen (secondary N) is 1. The lowest BCUT2D eigenvalue weighted by Gasteiger charge is -2.02. The molecule has 76 valence electrons. The number of amides is 1. The molecule has 0 aromatic carbocycles. The van der Waals surface area contributed by atoms with Gasteiger partial charge in [-0.2, -0.15) is 0 Å². The molecule has 0 aliphatic carbocycles. The highest BCUT2D eigenvalue weighted by Gasteiger charge is 1.98. The van der Waals surface area contributed by atoms with E-state index in [1.807, 2.05) is 6.92 Å². The first-order chi connectivity index (χ1) is 6.16. The van der Waals surface area contributed by atoms with Gasteiger partial charge in [0.25, 0.3) is 0 Å². The van der Waals surface area contributed by atoms with Crippen molar-refractivity contribution in [2.45, 2.75) is 46.0 Å². The predicted molar refractivity (Wildman–Crippen MR) is 52.4 cm³/mol. The number of carbonyl (C=O) groups is 2. The number of rotatable bonds is 7. The van der Waals surface area contributed by atoms with Crippen LogP contribution in [-0.2, 0) is 9.59 Å². The second-order valence-electron chi connectivity index (χ2n) is 3.26. The van der Waals surface area contributed by atoms with E-state index in [2.05, 4.69) is 5.32 Å². The van der Waals surface area contributed by atoms with Crippen LogP contribution < -0.4 is 5.32 Å². The van der Waals surface area contributed by atoms with E-state index in [0.717, 1.165) is 19.3 Å². The fraction of sp³-hybridized carbons (Fsp3) is 0.800. The number of Topliss-reactive ketones (excluding diaryl/α,β-unsaturated/α-hetero) is 1. The molecule has 0 aromatic rings. The summed E-state index contributed by atoms with van der Waals surface area (Å²) in [6, 6.07) is 0. The van der Waals surface area contributed by atoms with Crippen molar-refractivity contribution >= 4 is 11.7 Å². The molecule has 0 atom stereocenters. The van der Waals surface area contributed by atoms with E-state index in [4.69, 9.17) is 0 Å². The first-order valence-electron chi connectivity index (χ1n) is 4.93. The highest BCUT2D eigenvalue weighted by atomic mass is 16.1. The van der Waals surface area contributed by atoms with Gasteiger partial charge in [0, 0.05) is 19.4 Å². The molecule has 0 bridgehead atoms. The Bertz CT molecular complexity index is 166. The van der Waals surface area contributed by atoms with Crippen molar-refractivity contribution in [1.29, 1.82) is 0 Å². The van der Waals surface area contributed by atoms with E-state index >= 15 is 0 Å². The molecule has 0 aliphatic heterocycles. The van der Waals surface area contributed by atoms with E-state index < -0.39 is 0 Å².